The quantitative estimate of drug-likeness (QED) is 0.849. The van der Waals surface area contributed by atoms with Crippen molar-refractivity contribution in [1.29, 1.82) is 5.26 Å². The summed E-state index contributed by atoms with van der Waals surface area (Å²) in [7, 11) is 0. The molecular formula is C13H19N5S. The number of rotatable bonds is 3. The van der Waals surface area contributed by atoms with E-state index < -0.39 is 0 Å². The van der Waals surface area contributed by atoms with Gasteiger partial charge in [0.25, 0.3) is 0 Å². The lowest BCUT2D eigenvalue weighted by molar-refractivity contribution is 0.416. The molecule has 5 nitrogen and oxygen atoms in total. The zero-order chi connectivity index (χ0) is 13.1. The lowest BCUT2D eigenvalue weighted by atomic mass is 9.90. The minimum absolute atomic E-state index is 0.160. The Morgan fingerprint density at radius 2 is 1.84 bits per heavy atom. The molecule has 102 valence electrons. The third-order valence-electron chi connectivity index (χ3n) is 4.26. The van der Waals surface area contributed by atoms with Gasteiger partial charge in [0, 0.05) is 5.25 Å². The van der Waals surface area contributed by atoms with Gasteiger partial charge in [0.2, 0.25) is 5.16 Å². The van der Waals surface area contributed by atoms with E-state index in [9.17, 15) is 5.26 Å². The maximum Gasteiger partial charge on any atom is 0.209 e. The SMILES string of the molecule is N#CC1CCCCC1Sc1nnnn1C1CCCC1. The predicted molar refractivity (Wildman–Crippen MR) is 72.5 cm³/mol. The number of hydrogen-bond acceptors (Lipinski definition) is 5. The van der Waals surface area contributed by atoms with Crippen LogP contribution in [0.2, 0.25) is 0 Å². The van der Waals surface area contributed by atoms with Crippen molar-refractivity contribution in [3.05, 3.63) is 0 Å². The van der Waals surface area contributed by atoms with E-state index in [2.05, 4.69) is 21.6 Å². The first-order valence-electron chi connectivity index (χ1n) is 7.22. The summed E-state index contributed by atoms with van der Waals surface area (Å²) >= 11 is 1.72. The second-order valence-corrected chi connectivity index (χ2v) is 6.73. The molecule has 0 aliphatic heterocycles. The van der Waals surface area contributed by atoms with Gasteiger partial charge in [-0.25, -0.2) is 4.68 Å². The summed E-state index contributed by atoms with van der Waals surface area (Å²) in [6.07, 6.45) is 9.47. The topological polar surface area (TPSA) is 67.4 Å². The molecule has 0 bridgehead atoms. The van der Waals surface area contributed by atoms with Gasteiger partial charge in [0.05, 0.1) is 18.0 Å². The highest BCUT2D eigenvalue weighted by molar-refractivity contribution is 7.99. The van der Waals surface area contributed by atoms with E-state index in [0.29, 0.717) is 11.3 Å². The third-order valence-corrected chi connectivity index (χ3v) is 5.60. The van der Waals surface area contributed by atoms with Crippen LogP contribution in [0, 0.1) is 17.2 Å². The number of nitriles is 1. The molecule has 1 aromatic rings. The Bertz CT molecular complexity index is 460. The van der Waals surface area contributed by atoms with Crippen LogP contribution in [0.15, 0.2) is 5.16 Å². The summed E-state index contributed by atoms with van der Waals surface area (Å²) in [4.78, 5) is 0. The van der Waals surface area contributed by atoms with Crippen LogP contribution in [-0.4, -0.2) is 25.5 Å². The zero-order valence-electron chi connectivity index (χ0n) is 11.0. The van der Waals surface area contributed by atoms with Crippen molar-refractivity contribution in [3.8, 4) is 6.07 Å². The molecular weight excluding hydrogens is 258 g/mol. The van der Waals surface area contributed by atoms with Gasteiger partial charge in [0.1, 0.15) is 0 Å². The molecule has 3 rings (SSSR count). The molecule has 0 N–H and O–H groups in total. The van der Waals surface area contributed by atoms with Crippen LogP contribution >= 0.6 is 11.8 Å². The fourth-order valence-electron chi connectivity index (χ4n) is 3.16. The van der Waals surface area contributed by atoms with Crippen LogP contribution in [0.3, 0.4) is 0 Å². The van der Waals surface area contributed by atoms with Crippen molar-refractivity contribution >= 4 is 11.8 Å². The van der Waals surface area contributed by atoms with Crippen LogP contribution in [-0.2, 0) is 0 Å². The van der Waals surface area contributed by atoms with Crippen LogP contribution < -0.4 is 0 Å². The zero-order valence-corrected chi connectivity index (χ0v) is 11.8. The molecule has 2 aliphatic carbocycles. The lowest BCUT2D eigenvalue weighted by Gasteiger charge is -2.25. The Morgan fingerprint density at radius 3 is 2.63 bits per heavy atom. The highest BCUT2D eigenvalue weighted by Gasteiger charge is 2.29. The average molecular weight is 277 g/mol. The van der Waals surface area contributed by atoms with Crippen LogP contribution in [0.1, 0.15) is 57.4 Å². The van der Waals surface area contributed by atoms with Crippen LogP contribution in [0.5, 0.6) is 0 Å². The van der Waals surface area contributed by atoms with Gasteiger partial charge in [-0.3, -0.25) is 0 Å². The van der Waals surface area contributed by atoms with Crippen molar-refractivity contribution in [2.45, 2.75) is 67.8 Å². The number of thioether (sulfide) groups is 1. The molecule has 0 spiro atoms. The Hall–Kier alpha value is -1.09. The molecule has 0 amide bonds. The van der Waals surface area contributed by atoms with Gasteiger partial charge in [0.15, 0.2) is 0 Å². The highest BCUT2D eigenvalue weighted by atomic mass is 32.2. The van der Waals surface area contributed by atoms with Gasteiger partial charge >= 0.3 is 0 Å². The monoisotopic (exact) mass is 277 g/mol. The summed E-state index contributed by atoms with van der Waals surface area (Å²) < 4.78 is 2.00. The van der Waals surface area contributed by atoms with E-state index in [1.807, 2.05) is 4.68 Å². The van der Waals surface area contributed by atoms with Gasteiger partial charge in [-0.2, -0.15) is 5.26 Å². The van der Waals surface area contributed by atoms with Crippen molar-refractivity contribution in [2.24, 2.45) is 5.92 Å². The van der Waals surface area contributed by atoms with Crippen molar-refractivity contribution in [3.63, 3.8) is 0 Å². The van der Waals surface area contributed by atoms with E-state index in [0.717, 1.165) is 18.0 Å². The number of tetrazole rings is 1. The summed E-state index contributed by atoms with van der Waals surface area (Å²) in [5.41, 5.74) is 0. The van der Waals surface area contributed by atoms with Crippen LogP contribution in [0.25, 0.3) is 0 Å². The minimum Gasteiger partial charge on any atom is -0.217 e. The van der Waals surface area contributed by atoms with Gasteiger partial charge in [-0.1, -0.05) is 37.4 Å². The van der Waals surface area contributed by atoms with Crippen molar-refractivity contribution < 1.29 is 0 Å². The first-order chi connectivity index (χ1) is 9.38. The molecule has 1 aromatic heterocycles. The fraction of sp³-hybridized carbons (Fsp3) is 0.846. The number of nitrogens with zero attached hydrogens (tertiary/aromatic N) is 5. The third kappa shape index (κ3) is 2.76. The Balaban J connectivity index is 1.72. The molecule has 6 heteroatoms. The van der Waals surface area contributed by atoms with E-state index in [4.69, 9.17) is 0 Å². The first kappa shape index (κ1) is 12.9. The highest BCUT2D eigenvalue weighted by Crippen LogP contribution is 2.38. The number of hydrogen-bond donors (Lipinski definition) is 0. The predicted octanol–water partition coefficient (Wildman–Crippen LogP) is 2.96. The molecule has 2 atom stereocenters. The summed E-state index contributed by atoms with van der Waals surface area (Å²) in [5.74, 6) is 0.160. The smallest absolute Gasteiger partial charge is 0.209 e. The second-order valence-electron chi connectivity index (χ2n) is 5.52. The van der Waals surface area contributed by atoms with E-state index in [-0.39, 0.29) is 5.92 Å². The Kier molecular flexibility index (Phi) is 4.02. The van der Waals surface area contributed by atoms with E-state index >= 15 is 0 Å². The molecule has 0 aromatic carbocycles. The van der Waals surface area contributed by atoms with Gasteiger partial charge in [-0.05, 0) is 36.1 Å². The lowest BCUT2D eigenvalue weighted by Crippen LogP contribution is -2.21. The minimum atomic E-state index is 0.160. The Morgan fingerprint density at radius 1 is 1.11 bits per heavy atom. The summed E-state index contributed by atoms with van der Waals surface area (Å²) in [6, 6.07) is 2.93. The van der Waals surface area contributed by atoms with Crippen molar-refractivity contribution in [1.82, 2.24) is 20.2 Å². The molecule has 19 heavy (non-hydrogen) atoms. The van der Waals surface area contributed by atoms with Crippen molar-refractivity contribution in [2.75, 3.05) is 0 Å². The molecule has 1 heterocycles. The first-order valence-corrected chi connectivity index (χ1v) is 8.10. The normalized spacial score (nSPS) is 28.4. The molecule has 2 aliphatic rings. The van der Waals surface area contributed by atoms with E-state index in [1.54, 1.807) is 11.8 Å². The molecule has 2 fully saturated rings. The summed E-state index contributed by atoms with van der Waals surface area (Å²) in [6.45, 7) is 0. The maximum absolute atomic E-state index is 9.25. The average Bonchev–Trinajstić information content (AvgIpc) is 3.09. The molecule has 2 unspecified atom stereocenters. The molecule has 0 radical (unpaired) electrons. The van der Waals surface area contributed by atoms with Crippen LogP contribution in [0.4, 0.5) is 0 Å². The fourth-order valence-corrected chi connectivity index (χ4v) is 4.46. The maximum atomic E-state index is 9.25. The standard InChI is InChI=1S/C13H19N5S/c14-9-10-5-1-4-8-12(10)19-13-15-16-17-18(13)11-6-2-3-7-11/h10-12H,1-8H2. The van der Waals surface area contributed by atoms with E-state index in [1.165, 1.54) is 38.5 Å². The van der Waals surface area contributed by atoms with Gasteiger partial charge in [-0.15, -0.1) is 5.10 Å². The largest absolute Gasteiger partial charge is 0.217 e. The number of aromatic nitrogens is 4. The second kappa shape index (κ2) is 5.91. The Labute approximate surface area is 117 Å². The molecule has 2 saturated carbocycles. The van der Waals surface area contributed by atoms with Gasteiger partial charge < -0.3 is 0 Å². The summed E-state index contributed by atoms with van der Waals surface area (Å²) in [5, 5.41) is 22.7. The molecule has 0 saturated heterocycles.